The van der Waals surface area contributed by atoms with Gasteiger partial charge >= 0.3 is 0 Å². The number of benzene rings is 8. The number of pyridine rings is 1. The number of fused-ring (bicyclic) bond motifs is 5. The minimum Gasteiger partial charge on any atom is -0.192 e. The minimum absolute atomic E-state index is 0.0305. The SMILES string of the molecule is CCCCc1ccc(-c2cc(-c3ccccc3)cc(-c3cc(-c4ccccc4)cc(-c4cccc(-c5ccc6c(c5)-c5c7ccccc7cc[n+]5C(CC)(CC)C6(C)CC)c4)c3)c2)cc1. The van der Waals surface area contributed by atoms with E-state index >= 15 is 0 Å². The number of unbranched alkanes of at least 4 members (excludes halogenated alkanes) is 1. The summed E-state index contributed by atoms with van der Waals surface area (Å²) in [5, 5.41) is 2.61. The second-order valence-electron chi connectivity index (χ2n) is 18.5. The summed E-state index contributed by atoms with van der Waals surface area (Å²) >= 11 is 0. The van der Waals surface area contributed by atoms with Gasteiger partial charge in [-0.25, -0.2) is 0 Å². The van der Waals surface area contributed by atoms with Crippen molar-refractivity contribution in [1.82, 2.24) is 0 Å². The van der Waals surface area contributed by atoms with Gasteiger partial charge < -0.3 is 0 Å². The van der Waals surface area contributed by atoms with E-state index in [2.05, 4.69) is 240 Å². The number of hydrogen-bond acceptors (Lipinski definition) is 0. The molecule has 1 aromatic heterocycles. The highest BCUT2D eigenvalue weighted by atomic mass is 15.1. The highest BCUT2D eigenvalue weighted by molar-refractivity contribution is 5.95. The molecule has 65 heavy (non-hydrogen) atoms. The average Bonchev–Trinajstić information content (AvgIpc) is 3.38. The largest absolute Gasteiger partial charge is 0.221 e. The van der Waals surface area contributed by atoms with E-state index in [0.717, 1.165) is 25.7 Å². The molecule has 0 N–H and O–H groups in total. The lowest BCUT2D eigenvalue weighted by atomic mass is 9.58. The van der Waals surface area contributed by atoms with Gasteiger partial charge in [0.1, 0.15) is 0 Å². The van der Waals surface area contributed by atoms with E-state index in [9.17, 15) is 0 Å². The second kappa shape index (κ2) is 17.6. The molecule has 1 nitrogen and oxygen atoms in total. The van der Waals surface area contributed by atoms with Gasteiger partial charge in [-0.15, -0.1) is 0 Å². The Morgan fingerprint density at radius 3 is 1.43 bits per heavy atom. The monoisotopic (exact) mass is 842 g/mol. The Bertz CT molecular complexity index is 3140. The lowest BCUT2D eigenvalue weighted by molar-refractivity contribution is -0.768. The van der Waals surface area contributed by atoms with Crippen molar-refractivity contribution in [3.63, 3.8) is 0 Å². The zero-order valence-corrected chi connectivity index (χ0v) is 38.7. The van der Waals surface area contributed by atoms with Crippen LogP contribution in [0.1, 0.15) is 77.8 Å². The predicted octanol–water partition coefficient (Wildman–Crippen LogP) is 17.3. The number of rotatable bonds is 12. The summed E-state index contributed by atoms with van der Waals surface area (Å²) < 4.78 is 2.67. The van der Waals surface area contributed by atoms with Crippen molar-refractivity contribution in [2.75, 3.05) is 0 Å². The molecule has 2 heterocycles. The minimum atomic E-state index is -0.0314. The smallest absolute Gasteiger partial charge is 0.192 e. The van der Waals surface area contributed by atoms with Crippen LogP contribution >= 0.6 is 0 Å². The third-order valence-electron chi connectivity index (χ3n) is 15.1. The Morgan fingerprint density at radius 2 is 0.862 bits per heavy atom. The Kier molecular flexibility index (Phi) is 11.4. The zero-order chi connectivity index (χ0) is 44.5. The van der Waals surface area contributed by atoms with E-state index in [-0.39, 0.29) is 11.0 Å². The second-order valence-corrected chi connectivity index (χ2v) is 18.5. The van der Waals surface area contributed by atoms with Gasteiger partial charge in [-0.3, -0.25) is 0 Å². The van der Waals surface area contributed by atoms with Crippen molar-refractivity contribution in [1.29, 1.82) is 0 Å². The molecule has 1 heteroatoms. The van der Waals surface area contributed by atoms with Gasteiger partial charge in [-0.2, -0.15) is 4.57 Å². The summed E-state index contributed by atoms with van der Waals surface area (Å²) in [6, 6.07) is 73.1. The molecule has 0 saturated carbocycles. The quantitative estimate of drug-likeness (QED) is 0.108. The molecule has 0 saturated heterocycles. The normalized spacial score (nSPS) is 15.1. The number of aryl methyl sites for hydroxylation is 1. The summed E-state index contributed by atoms with van der Waals surface area (Å²) in [7, 11) is 0. The van der Waals surface area contributed by atoms with E-state index in [1.54, 1.807) is 0 Å². The average molecular weight is 843 g/mol. The maximum atomic E-state index is 2.67. The van der Waals surface area contributed by atoms with Crippen LogP contribution in [0.15, 0.2) is 200 Å². The molecular weight excluding hydrogens is 783 g/mol. The molecule has 0 amide bonds. The lowest BCUT2D eigenvalue weighted by Gasteiger charge is -2.48. The van der Waals surface area contributed by atoms with Crippen molar-refractivity contribution in [3.05, 3.63) is 211 Å². The molecule has 320 valence electrons. The maximum Gasteiger partial charge on any atom is 0.221 e. The Morgan fingerprint density at radius 1 is 0.400 bits per heavy atom. The fourth-order valence-corrected chi connectivity index (χ4v) is 11.3. The van der Waals surface area contributed by atoms with E-state index in [4.69, 9.17) is 0 Å². The van der Waals surface area contributed by atoms with Gasteiger partial charge in [0.15, 0.2) is 11.7 Å². The molecule has 1 unspecified atom stereocenters. The first kappa shape index (κ1) is 42.1. The summed E-state index contributed by atoms with van der Waals surface area (Å²) in [6.45, 7) is 11.9. The van der Waals surface area contributed by atoms with Crippen LogP contribution in [0.4, 0.5) is 0 Å². The first-order valence-corrected chi connectivity index (χ1v) is 24.1. The molecule has 0 fully saturated rings. The molecule has 9 aromatic rings. The Balaban J connectivity index is 1.12. The van der Waals surface area contributed by atoms with Crippen molar-refractivity contribution >= 4 is 10.8 Å². The fraction of sp³-hybridized carbons (Fsp3) is 0.203. The first-order valence-electron chi connectivity index (χ1n) is 24.1. The Labute approximate surface area is 387 Å². The molecular formula is C64H60N+. The highest BCUT2D eigenvalue weighted by Crippen LogP contribution is 2.53. The summed E-state index contributed by atoms with van der Waals surface area (Å²) in [4.78, 5) is 0. The van der Waals surface area contributed by atoms with E-state index in [0.29, 0.717) is 0 Å². The maximum absolute atomic E-state index is 2.67. The van der Waals surface area contributed by atoms with Crippen molar-refractivity contribution in [2.45, 2.75) is 84.1 Å². The van der Waals surface area contributed by atoms with Crippen molar-refractivity contribution in [3.8, 4) is 78.0 Å². The Hall–Kier alpha value is -6.83. The third-order valence-corrected chi connectivity index (χ3v) is 15.1. The van der Waals surface area contributed by atoms with Gasteiger partial charge in [0, 0.05) is 18.9 Å². The standard InChI is InChI=1S/C64H60N/c1-6-10-20-45-29-31-48(32-30-45)55-38-53(46-21-13-11-14-22-46)40-57(42-55)58-41-54(47-23-15-12-16-24-47)39-56(43-58)51-27-19-26-50(37-51)52-33-34-61-60(44-52)62-59-28-18-17-25-49(59)35-36-65(62)64(8-3,9-4)63(61,5)7-2/h11-19,21-44H,6-10,20H2,1-5H3/q+1. The molecule has 1 atom stereocenters. The van der Waals surface area contributed by atoms with Crippen molar-refractivity contribution < 1.29 is 4.57 Å². The van der Waals surface area contributed by atoms with Crippen LogP contribution < -0.4 is 4.57 Å². The number of aromatic nitrogens is 1. The zero-order valence-electron chi connectivity index (χ0n) is 38.7. The molecule has 0 bridgehead atoms. The third kappa shape index (κ3) is 7.51. The molecule has 0 radical (unpaired) electrons. The van der Waals surface area contributed by atoms with Gasteiger partial charge in [0.25, 0.3) is 0 Å². The number of hydrogen-bond donors (Lipinski definition) is 0. The number of nitrogens with zero attached hydrogens (tertiary/aromatic N) is 1. The van der Waals surface area contributed by atoms with Gasteiger partial charge in [-0.05, 0) is 164 Å². The van der Waals surface area contributed by atoms with Crippen LogP contribution in [-0.4, -0.2) is 0 Å². The van der Waals surface area contributed by atoms with E-state index in [1.807, 2.05) is 0 Å². The van der Waals surface area contributed by atoms with Crippen molar-refractivity contribution in [2.24, 2.45) is 0 Å². The van der Waals surface area contributed by atoms with Crippen LogP contribution in [-0.2, 0) is 17.4 Å². The molecule has 1 aliphatic heterocycles. The van der Waals surface area contributed by atoms with Gasteiger partial charge in [0.2, 0.25) is 5.69 Å². The van der Waals surface area contributed by atoms with Crippen LogP contribution in [0.3, 0.4) is 0 Å². The van der Waals surface area contributed by atoms with Crippen LogP contribution in [0.25, 0.3) is 88.8 Å². The van der Waals surface area contributed by atoms with Crippen LogP contribution in [0, 0.1) is 0 Å². The van der Waals surface area contributed by atoms with Crippen LogP contribution in [0.2, 0.25) is 0 Å². The molecule has 0 aliphatic carbocycles. The first-order chi connectivity index (χ1) is 31.9. The molecule has 10 rings (SSSR count). The van der Waals surface area contributed by atoms with Gasteiger partial charge in [-0.1, -0.05) is 168 Å². The van der Waals surface area contributed by atoms with Crippen LogP contribution in [0.5, 0.6) is 0 Å². The molecule has 8 aromatic carbocycles. The molecule has 1 aliphatic rings. The summed E-state index contributed by atoms with van der Waals surface area (Å²) in [5.74, 6) is 0. The predicted molar refractivity (Wildman–Crippen MR) is 277 cm³/mol. The summed E-state index contributed by atoms with van der Waals surface area (Å²) in [5.41, 5.74) is 20.1. The van der Waals surface area contributed by atoms with E-state index < -0.39 is 0 Å². The lowest BCUT2D eigenvalue weighted by Crippen LogP contribution is -2.68. The fourth-order valence-electron chi connectivity index (χ4n) is 11.3. The van der Waals surface area contributed by atoms with Gasteiger partial charge in [0.05, 0.1) is 16.4 Å². The molecule has 0 spiro atoms. The summed E-state index contributed by atoms with van der Waals surface area (Å²) in [6.07, 6.45) is 9.13. The topological polar surface area (TPSA) is 3.88 Å². The van der Waals surface area contributed by atoms with E-state index in [1.165, 1.54) is 113 Å². The highest BCUT2D eigenvalue weighted by Gasteiger charge is 2.58.